The number of allylic oxidation sites excluding steroid dienone is 2. The highest BCUT2D eigenvalue weighted by molar-refractivity contribution is 8.00. The molecule has 0 unspecified atom stereocenters. The van der Waals surface area contributed by atoms with Crippen LogP contribution in [0.2, 0.25) is 0 Å². The molecule has 30 heavy (non-hydrogen) atoms. The van der Waals surface area contributed by atoms with Crippen molar-refractivity contribution in [1.29, 1.82) is 0 Å². The number of aromatic nitrogens is 1. The van der Waals surface area contributed by atoms with Crippen LogP contribution in [0.3, 0.4) is 0 Å². The molecule has 7 heteroatoms. The highest BCUT2D eigenvalue weighted by Gasteiger charge is 2.31. The summed E-state index contributed by atoms with van der Waals surface area (Å²) >= 11 is 7.60. The Bertz CT molecular complexity index is 1080. The fourth-order valence-corrected chi connectivity index (χ4v) is 3.59. The second-order valence-electron chi connectivity index (χ2n) is 5.96. The summed E-state index contributed by atoms with van der Waals surface area (Å²) in [6.07, 6.45) is 1.72. The summed E-state index contributed by atoms with van der Waals surface area (Å²) in [4.78, 5) is 30.3. The standard InChI is InChI=1S/C21H14ClN3O2S.C2H6/c22-18-19(21(27)16-6-2-1-5-15(16)20(18)26)24-13-8-10-14(11-9-13)28-25-17-7-3-4-12-23-17;1-2/h1-12,24H,(H,23,25);1-2H3. The van der Waals surface area contributed by atoms with Gasteiger partial charge in [-0.05, 0) is 48.3 Å². The lowest BCUT2D eigenvalue weighted by molar-refractivity contribution is 0.0982. The van der Waals surface area contributed by atoms with Crippen molar-refractivity contribution in [2.24, 2.45) is 0 Å². The molecule has 1 heterocycles. The lowest BCUT2D eigenvalue weighted by Gasteiger charge is -2.19. The minimum Gasteiger partial charge on any atom is -0.351 e. The molecule has 0 radical (unpaired) electrons. The van der Waals surface area contributed by atoms with Crippen LogP contribution in [0.5, 0.6) is 0 Å². The van der Waals surface area contributed by atoms with E-state index in [2.05, 4.69) is 15.0 Å². The van der Waals surface area contributed by atoms with E-state index in [0.717, 1.165) is 10.7 Å². The summed E-state index contributed by atoms with van der Waals surface area (Å²) in [5.41, 5.74) is 1.44. The summed E-state index contributed by atoms with van der Waals surface area (Å²) in [7, 11) is 0. The van der Waals surface area contributed by atoms with Crippen LogP contribution in [0.25, 0.3) is 0 Å². The molecule has 1 aliphatic rings. The van der Waals surface area contributed by atoms with Crippen LogP contribution in [-0.4, -0.2) is 16.6 Å². The van der Waals surface area contributed by atoms with Gasteiger partial charge in [-0.1, -0.05) is 55.8 Å². The maximum Gasteiger partial charge on any atom is 0.211 e. The van der Waals surface area contributed by atoms with E-state index in [-0.39, 0.29) is 22.3 Å². The molecule has 1 aromatic heterocycles. The minimum atomic E-state index is -0.355. The maximum absolute atomic E-state index is 12.7. The first-order chi connectivity index (χ1) is 14.6. The van der Waals surface area contributed by atoms with Gasteiger partial charge < -0.3 is 10.0 Å². The van der Waals surface area contributed by atoms with Gasteiger partial charge in [-0.3, -0.25) is 9.59 Å². The SMILES string of the molecule is CC.O=C1C(Cl)=C(Nc2ccc(SNc3ccccn3)cc2)C(=O)c2ccccc21. The topological polar surface area (TPSA) is 71.1 Å². The van der Waals surface area contributed by atoms with Gasteiger partial charge in [-0.2, -0.15) is 0 Å². The number of Topliss-reactive ketones (excluding diaryl/α,β-unsaturated/α-hetero) is 2. The molecule has 0 saturated carbocycles. The van der Waals surface area contributed by atoms with Crippen LogP contribution in [-0.2, 0) is 0 Å². The number of halogens is 1. The predicted molar refractivity (Wildman–Crippen MR) is 123 cm³/mol. The van der Waals surface area contributed by atoms with E-state index in [1.165, 1.54) is 11.9 Å². The number of pyridine rings is 1. The number of nitrogens with zero attached hydrogens (tertiary/aromatic N) is 1. The van der Waals surface area contributed by atoms with E-state index in [0.29, 0.717) is 16.8 Å². The van der Waals surface area contributed by atoms with Crippen molar-refractivity contribution in [3.63, 3.8) is 0 Å². The van der Waals surface area contributed by atoms with E-state index in [4.69, 9.17) is 11.6 Å². The summed E-state index contributed by atoms with van der Waals surface area (Å²) in [5, 5.41) is 2.89. The zero-order valence-electron chi connectivity index (χ0n) is 16.5. The van der Waals surface area contributed by atoms with Gasteiger partial charge in [0.25, 0.3) is 0 Å². The molecule has 3 aromatic rings. The van der Waals surface area contributed by atoms with Crippen molar-refractivity contribution in [3.05, 3.63) is 94.8 Å². The Labute approximate surface area is 184 Å². The molecule has 0 amide bonds. The van der Waals surface area contributed by atoms with Gasteiger partial charge in [-0.25, -0.2) is 4.98 Å². The van der Waals surface area contributed by atoms with E-state index in [9.17, 15) is 9.59 Å². The average Bonchev–Trinajstić information content (AvgIpc) is 2.82. The first kappa shape index (κ1) is 21.6. The number of hydrogen-bond acceptors (Lipinski definition) is 6. The second-order valence-corrected chi connectivity index (χ2v) is 7.22. The number of ketones is 2. The fourth-order valence-electron chi connectivity index (χ4n) is 2.74. The molecule has 1 aliphatic carbocycles. The molecule has 5 nitrogen and oxygen atoms in total. The highest BCUT2D eigenvalue weighted by atomic mass is 35.5. The molecule has 0 aliphatic heterocycles. The van der Waals surface area contributed by atoms with Gasteiger partial charge in [-0.15, -0.1) is 0 Å². The Morgan fingerprint density at radius 1 is 0.833 bits per heavy atom. The normalized spacial score (nSPS) is 12.6. The van der Waals surface area contributed by atoms with E-state index < -0.39 is 0 Å². The van der Waals surface area contributed by atoms with E-state index >= 15 is 0 Å². The molecule has 0 atom stereocenters. The van der Waals surface area contributed by atoms with Crippen molar-refractivity contribution in [1.82, 2.24) is 4.98 Å². The average molecular weight is 438 g/mol. The zero-order valence-corrected chi connectivity index (χ0v) is 18.1. The van der Waals surface area contributed by atoms with Crippen molar-refractivity contribution in [2.45, 2.75) is 18.7 Å². The first-order valence-corrected chi connectivity index (χ1v) is 10.6. The Kier molecular flexibility index (Phi) is 7.27. The Morgan fingerprint density at radius 3 is 2.10 bits per heavy atom. The molecular weight excluding hydrogens is 418 g/mol. The molecule has 2 N–H and O–H groups in total. The number of rotatable bonds is 5. The highest BCUT2D eigenvalue weighted by Crippen LogP contribution is 2.30. The van der Waals surface area contributed by atoms with Crippen LogP contribution < -0.4 is 10.0 Å². The van der Waals surface area contributed by atoms with Gasteiger partial charge in [0, 0.05) is 27.9 Å². The molecule has 2 aromatic carbocycles. The van der Waals surface area contributed by atoms with Crippen LogP contribution in [0, 0.1) is 0 Å². The Morgan fingerprint density at radius 2 is 1.47 bits per heavy atom. The lowest BCUT2D eigenvalue weighted by Crippen LogP contribution is -2.24. The number of anilines is 2. The number of fused-ring (bicyclic) bond motifs is 1. The fraction of sp³-hybridized carbons (Fsp3) is 0.0870. The summed E-state index contributed by atoms with van der Waals surface area (Å²) < 4.78 is 3.15. The minimum absolute atomic E-state index is 0.0948. The van der Waals surface area contributed by atoms with Crippen LogP contribution >= 0.6 is 23.5 Å². The number of nitrogens with one attached hydrogen (secondary N) is 2. The molecule has 152 valence electrons. The van der Waals surface area contributed by atoms with Crippen molar-refractivity contribution in [3.8, 4) is 0 Å². The van der Waals surface area contributed by atoms with Gasteiger partial charge in [0.15, 0.2) is 0 Å². The second kappa shape index (κ2) is 10.1. The molecule has 0 bridgehead atoms. The summed E-state index contributed by atoms with van der Waals surface area (Å²) in [6.45, 7) is 4.00. The quantitative estimate of drug-likeness (QED) is 0.465. The van der Waals surface area contributed by atoms with Crippen LogP contribution in [0.1, 0.15) is 34.6 Å². The van der Waals surface area contributed by atoms with Gasteiger partial charge >= 0.3 is 0 Å². The van der Waals surface area contributed by atoms with Gasteiger partial charge in [0.2, 0.25) is 11.6 Å². The Balaban J connectivity index is 0.00000124. The maximum atomic E-state index is 12.7. The third-order valence-corrected chi connectivity index (χ3v) is 5.30. The summed E-state index contributed by atoms with van der Waals surface area (Å²) in [5.74, 6) is 0.109. The van der Waals surface area contributed by atoms with Crippen LogP contribution in [0.4, 0.5) is 11.5 Å². The lowest BCUT2D eigenvalue weighted by atomic mass is 9.92. The number of benzene rings is 2. The molecule has 0 fully saturated rings. The predicted octanol–water partition coefficient (Wildman–Crippen LogP) is 6.17. The van der Waals surface area contributed by atoms with E-state index in [1.54, 1.807) is 30.5 Å². The molecular formula is C23H20ClN3O2S. The molecule has 0 saturated heterocycles. The monoisotopic (exact) mass is 437 g/mol. The molecule has 0 spiro atoms. The van der Waals surface area contributed by atoms with Crippen molar-refractivity contribution >= 4 is 46.6 Å². The zero-order chi connectivity index (χ0) is 21.5. The van der Waals surface area contributed by atoms with E-state index in [1.807, 2.05) is 56.3 Å². The third-order valence-electron chi connectivity index (χ3n) is 4.12. The summed E-state index contributed by atoms with van der Waals surface area (Å²) in [6, 6.07) is 19.7. The smallest absolute Gasteiger partial charge is 0.211 e. The largest absolute Gasteiger partial charge is 0.351 e. The number of carbonyl (C=O) groups excluding carboxylic acids is 2. The van der Waals surface area contributed by atoms with Gasteiger partial charge in [0.1, 0.15) is 16.5 Å². The van der Waals surface area contributed by atoms with Crippen molar-refractivity contribution < 1.29 is 9.59 Å². The number of hydrogen-bond donors (Lipinski definition) is 2. The van der Waals surface area contributed by atoms with Gasteiger partial charge in [0.05, 0.1) is 0 Å². The molecule has 4 rings (SSSR count). The van der Waals surface area contributed by atoms with Crippen LogP contribution in [0.15, 0.2) is 88.6 Å². The first-order valence-electron chi connectivity index (χ1n) is 9.42. The Hall–Kier alpha value is -3.09. The number of carbonyl (C=O) groups is 2. The van der Waals surface area contributed by atoms with Crippen molar-refractivity contribution in [2.75, 3.05) is 10.0 Å². The third kappa shape index (κ3) is 4.72.